The zero-order chi connectivity index (χ0) is 17.2. The molecule has 2 heterocycles. The van der Waals surface area contributed by atoms with Crippen molar-refractivity contribution in [3.8, 4) is 0 Å². The molecule has 0 bridgehead atoms. The van der Waals surface area contributed by atoms with Gasteiger partial charge in [-0.15, -0.1) is 0 Å². The van der Waals surface area contributed by atoms with Crippen molar-refractivity contribution in [1.29, 1.82) is 0 Å². The Balaban J connectivity index is 1.81. The van der Waals surface area contributed by atoms with Crippen molar-refractivity contribution in [3.63, 3.8) is 0 Å². The predicted molar refractivity (Wildman–Crippen MR) is 99.7 cm³/mol. The van der Waals surface area contributed by atoms with E-state index in [0.717, 1.165) is 46.9 Å². The number of ketones is 1. The van der Waals surface area contributed by atoms with Crippen LogP contribution in [0.1, 0.15) is 34.6 Å². The van der Waals surface area contributed by atoms with E-state index >= 15 is 0 Å². The quantitative estimate of drug-likeness (QED) is 0.802. The zero-order valence-corrected chi connectivity index (χ0v) is 14.0. The summed E-state index contributed by atoms with van der Waals surface area (Å²) in [5, 5.41) is 12.9. The van der Waals surface area contributed by atoms with Crippen LogP contribution < -0.4 is 5.32 Å². The molecule has 2 aromatic rings. The Kier molecular flexibility index (Phi) is 4.24. The van der Waals surface area contributed by atoms with Gasteiger partial charge >= 0.3 is 0 Å². The number of benzene rings is 1. The van der Waals surface area contributed by atoms with Gasteiger partial charge in [0.15, 0.2) is 5.78 Å². The van der Waals surface area contributed by atoms with Crippen LogP contribution in [-0.4, -0.2) is 35.2 Å². The number of H-pyrrole nitrogens is 1. The van der Waals surface area contributed by atoms with Crippen LogP contribution in [0.15, 0.2) is 41.4 Å². The lowest BCUT2D eigenvalue weighted by Crippen LogP contribution is -2.22. The minimum atomic E-state index is -0.00188. The highest BCUT2D eigenvalue weighted by Gasteiger charge is 2.31. The molecular weight excluding hydrogens is 314 g/mol. The summed E-state index contributed by atoms with van der Waals surface area (Å²) in [5.74, 6) is 0.0873. The number of aromatic nitrogens is 1. The number of anilines is 2. The number of dihydropyridines is 1. The minimum absolute atomic E-state index is 0.00188. The molecule has 5 nitrogen and oxygen atoms in total. The van der Waals surface area contributed by atoms with Gasteiger partial charge in [-0.05, 0) is 42.5 Å². The van der Waals surface area contributed by atoms with Gasteiger partial charge in [0.2, 0.25) is 0 Å². The van der Waals surface area contributed by atoms with Gasteiger partial charge in [-0.3, -0.25) is 9.79 Å². The maximum atomic E-state index is 12.7. The number of allylic oxidation sites excluding steroid dienone is 1. The van der Waals surface area contributed by atoms with Crippen molar-refractivity contribution in [2.75, 3.05) is 18.5 Å². The number of aliphatic hydroxyl groups excluding tert-OH is 1. The molecule has 1 atom stereocenters. The van der Waals surface area contributed by atoms with Gasteiger partial charge in [0.05, 0.1) is 16.9 Å². The highest BCUT2D eigenvalue weighted by Crippen LogP contribution is 2.39. The first-order chi connectivity index (χ1) is 12.3. The molecule has 0 amide bonds. The Morgan fingerprint density at radius 3 is 2.80 bits per heavy atom. The molecule has 0 saturated heterocycles. The van der Waals surface area contributed by atoms with Crippen LogP contribution in [0.4, 0.5) is 11.4 Å². The van der Waals surface area contributed by atoms with Crippen LogP contribution in [0.5, 0.6) is 0 Å². The van der Waals surface area contributed by atoms with E-state index in [-0.39, 0.29) is 18.3 Å². The molecule has 1 aromatic heterocycles. The highest BCUT2D eigenvalue weighted by atomic mass is 16.3. The Labute approximate surface area is 146 Å². The van der Waals surface area contributed by atoms with E-state index in [9.17, 15) is 9.90 Å². The van der Waals surface area contributed by atoms with Crippen LogP contribution in [0.2, 0.25) is 0 Å². The van der Waals surface area contributed by atoms with Gasteiger partial charge in [-0.25, -0.2) is 0 Å². The average molecular weight is 335 g/mol. The summed E-state index contributed by atoms with van der Waals surface area (Å²) < 4.78 is 0. The maximum absolute atomic E-state index is 12.7. The van der Waals surface area contributed by atoms with Gasteiger partial charge in [0.1, 0.15) is 0 Å². The third-order valence-corrected chi connectivity index (χ3v) is 4.84. The second kappa shape index (κ2) is 6.69. The molecule has 1 aliphatic carbocycles. The Bertz CT molecular complexity index is 849. The van der Waals surface area contributed by atoms with Crippen LogP contribution >= 0.6 is 0 Å². The Morgan fingerprint density at radius 1 is 1.24 bits per heavy atom. The summed E-state index contributed by atoms with van der Waals surface area (Å²) in [7, 11) is 0. The number of aromatic amines is 1. The molecule has 2 aliphatic rings. The van der Waals surface area contributed by atoms with Crippen LogP contribution in [-0.2, 0) is 6.42 Å². The van der Waals surface area contributed by atoms with Crippen LogP contribution in [0, 0.1) is 5.92 Å². The first-order valence-electron chi connectivity index (χ1n) is 8.66. The van der Waals surface area contributed by atoms with E-state index in [1.807, 2.05) is 42.6 Å². The van der Waals surface area contributed by atoms with Gasteiger partial charge in [-0.2, -0.15) is 0 Å². The Hall–Kier alpha value is -2.66. The number of hydrogen-bond donors (Lipinski definition) is 3. The fraction of sp³-hybridized carbons (Fsp3) is 0.300. The largest absolute Gasteiger partial charge is 0.396 e. The number of rotatable bonds is 4. The van der Waals surface area contributed by atoms with Crippen molar-refractivity contribution >= 4 is 28.9 Å². The van der Waals surface area contributed by atoms with Crippen molar-refractivity contribution in [2.45, 2.75) is 19.3 Å². The van der Waals surface area contributed by atoms with E-state index in [2.05, 4.69) is 15.3 Å². The lowest BCUT2D eigenvalue weighted by molar-refractivity contribution is 0.0919. The van der Waals surface area contributed by atoms with Crippen LogP contribution in [0.25, 0.3) is 5.57 Å². The van der Waals surface area contributed by atoms with Crippen molar-refractivity contribution < 1.29 is 9.90 Å². The Morgan fingerprint density at radius 2 is 2.08 bits per heavy atom. The van der Waals surface area contributed by atoms with E-state index in [1.54, 1.807) is 0 Å². The van der Waals surface area contributed by atoms with Crippen molar-refractivity contribution in [3.05, 3.63) is 53.4 Å². The number of carbonyl (C=O) groups excluding carboxylic acids is 1. The number of aliphatic hydroxyl groups is 1. The van der Waals surface area contributed by atoms with Gasteiger partial charge in [0.25, 0.3) is 0 Å². The second-order valence-electron chi connectivity index (χ2n) is 6.60. The van der Waals surface area contributed by atoms with E-state index in [1.165, 1.54) is 0 Å². The standard InChI is InChI=1S/C20H21N3O2/c24-12-13-10-16-18(17(25)11-13)20(22-15-4-2-1-3-5-15)19(23-16)14-6-8-21-9-7-14/h1-6,8,13,22-24H,7,9-12H2. The molecule has 1 unspecified atom stereocenters. The minimum Gasteiger partial charge on any atom is -0.396 e. The number of nitrogens with one attached hydrogen (secondary N) is 2. The molecule has 5 heteroatoms. The van der Waals surface area contributed by atoms with Gasteiger partial charge < -0.3 is 15.4 Å². The van der Waals surface area contributed by atoms with Crippen molar-refractivity contribution in [2.24, 2.45) is 10.9 Å². The second-order valence-corrected chi connectivity index (χ2v) is 6.60. The molecular formula is C20H21N3O2. The van der Waals surface area contributed by atoms with E-state index < -0.39 is 0 Å². The number of aliphatic imine (C=N–C) groups is 1. The monoisotopic (exact) mass is 335 g/mol. The third-order valence-electron chi connectivity index (χ3n) is 4.84. The molecule has 0 radical (unpaired) electrons. The molecule has 0 saturated carbocycles. The summed E-state index contributed by atoms with van der Waals surface area (Å²) in [4.78, 5) is 20.5. The normalized spacial score (nSPS) is 19.5. The fourth-order valence-corrected chi connectivity index (χ4v) is 3.59. The molecule has 0 spiro atoms. The molecule has 3 N–H and O–H groups in total. The predicted octanol–water partition coefficient (Wildman–Crippen LogP) is 3.35. The van der Waals surface area contributed by atoms with E-state index in [4.69, 9.17) is 0 Å². The molecule has 1 aromatic carbocycles. The number of Topliss-reactive ketones (excluding diaryl/α,β-unsaturated/α-hetero) is 1. The molecule has 4 rings (SSSR count). The van der Waals surface area contributed by atoms with Gasteiger partial charge in [-0.1, -0.05) is 18.2 Å². The SMILES string of the molecule is O=C1CC(CO)Cc2[nH]c(C3=CC=NCC3)c(Nc3ccccc3)c21. The topological polar surface area (TPSA) is 77.5 Å². The first kappa shape index (κ1) is 15.8. The molecule has 128 valence electrons. The van der Waals surface area contributed by atoms with E-state index in [0.29, 0.717) is 12.8 Å². The lowest BCUT2D eigenvalue weighted by Gasteiger charge is -2.20. The smallest absolute Gasteiger partial charge is 0.167 e. The summed E-state index contributed by atoms with van der Waals surface area (Å²) >= 11 is 0. The highest BCUT2D eigenvalue weighted by molar-refractivity contribution is 6.07. The fourth-order valence-electron chi connectivity index (χ4n) is 3.59. The maximum Gasteiger partial charge on any atom is 0.167 e. The average Bonchev–Trinajstić information content (AvgIpc) is 3.02. The summed E-state index contributed by atoms with van der Waals surface area (Å²) in [6, 6.07) is 9.89. The number of hydrogen-bond acceptors (Lipinski definition) is 4. The summed E-state index contributed by atoms with van der Waals surface area (Å²) in [5.41, 5.74) is 5.58. The molecule has 1 aliphatic heterocycles. The number of fused-ring (bicyclic) bond motifs is 1. The zero-order valence-electron chi connectivity index (χ0n) is 14.0. The van der Waals surface area contributed by atoms with Gasteiger partial charge in [0, 0.05) is 37.2 Å². The van der Waals surface area contributed by atoms with Crippen LogP contribution in [0.3, 0.4) is 0 Å². The molecule has 25 heavy (non-hydrogen) atoms. The third kappa shape index (κ3) is 3.03. The number of para-hydroxylation sites is 1. The first-order valence-corrected chi connectivity index (χ1v) is 8.66. The summed E-state index contributed by atoms with van der Waals surface area (Å²) in [6.45, 7) is 0.795. The number of nitrogens with zero attached hydrogens (tertiary/aromatic N) is 1. The number of carbonyl (C=O) groups is 1. The lowest BCUT2D eigenvalue weighted by atomic mass is 9.86. The van der Waals surface area contributed by atoms with Crippen molar-refractivity contribution in [1.82, 2.24) is 4.98 Å². The summed E-state index contributed by atoms with van der Waals surface area (Å²) in [6.07, 6.45) is 5.76. The molecule has 0 fully saturated rings.